The van der Waals surface area contributed by atoms with Gasteiger partial charge in [-0.2, -0.15) is 0 Å². The second-order valence-corrected chi connectivity index (χ2v) is 2.60. The molecule has 1 rings (SSSR count). The summed E-state index contributed by atoms with van der Waals surface area (Å²) in [5.41, 5.74) is 2.49. The highest BCUT2D eigenvalue weighted by Gasteiger charge is 2.05. The van der Waals surface area contributed by atoms with Crippen molar-refractivity contribution in [1.29, 1.82) is 0 Å². The minimum Gasteiger partial charge on any atom is -0.390 e. The largest absolute Gasteiger partial charge is 0.390 e. The van der Waals surface area contributed by atoms with Crippen molar-refractivity contribution in [2.24, 2.45) is 0 Å². The maximum atomic E-state index is 8.84. The van der Waals surface area contributed by atoms with Gasteiger partial charge in [-0.05, 0) is 13.8 Å². The van der Waals surface area contributed by atoms with Gasteiger partial charge in [-0.1, -0.05) is 0 Å². The molecule has 0 spiro atoms. The van der Waals surface area contributed by atoms with Crippen molar-refractivity contribution >= 4 is 0 Å². The van der Waals surface area contributed by atoms with Crippen LogP contribution in [-0.2, 0) is 13.2 Å². The average molecular weight is 168 g/mol. The fourth-order valence-corrected chi connectivity index (χ4v) is 0.995. The molecule has 0 aliphatic rings. The molecule has 0 saturated carbocycles. The van der Waals surface area contributed by atoms with E-state index >= 15 is 0 Å². The van der Waals surface area contributed by atoms with Crippen LogP contribution in [0.5, 0.6) is 0 Å². The van der Waals surface area contributed by atoms with E-state index in [1.54, 1.807) is 13.8 Å². The summed E-state index contributed by atoms with van der Waals surface area (Å²) < 4.78 is 0. The van der Waals surface area contributed by atoms with Crippen molar-refractivity contribution < 1.29 is 10.2 Å². The number of aliphatic hydroxyl groups excluding tert-OH is 2. The van der Waals surface area contributed by atoms with Gasteiger partial charge in [0.1, 0.15) is 0 Å². The Labute approximate surface area is 70.9 Å². The molecule has 0 aliphatic heterocycles. The van der Waals surface area contributed by atoms with Crippen LogP contribution < -0.4 is 0 Å². The molecule has 0 aliphatic carbocycles. The molecule has 0 saturated heterocycles. The molecule has 0 amide bonds. The number of nitrogens with zero attached hydrogens (tertiary/aromatic N) is 2. The average Bonchev–Trinajstić information content (AvgIpc) is 2.08. The number of aryl methyl sites for hydroxylation is 2. The second-order valence-electron chi connectivity index (χ2n) is 2.60. The molecule has 2 N–H and O–H groups in total. The summed E-state index contributed by atoms with van der Waals surface area (Å²) in [4.78, 5) is 8.18. The highest BCUT2D eigenvalue weighted by Crippen LogP contribution is 2.07. The van der Waals surface area contributed by atoms with E-state index in [0.29, 0.717) is 22.8 Å². The number of aliphatic hydroxyl groups is 2. The van der Waals surface area contributed by atoms with Gasteiger partial charge in [0.2, 0.25) is 0 Å². The van der Waals surface area contributed by atoms with Gasteiger partial charge >= 0.3 is 0 Å². The molecule has 0 aromatic carbocycles. The predicted molar refractivity (Wildman–Crippen MR) is 43.4 cm³/mol. The summed E-state index contributed by atoms with van der Waals surface area (Å²) in [6.45, 7) is 3.31. The molecule has 0 bridgehead atoms. The van der Waals surface area contributed by atoms with Crippen LogP contribution in [0.4, 0.5) is 0 Å². The van der Waals surface area contributed by atoms with Gasteiger partial charge in [0, 0.05) is 0 Å². The van der Waals surface area contributed by atoms with Gasteiger partial charge in [-0.15, -0.1) is 0 Å². The van der Waals surface area contributed by atoms with E-state index in [1.807, 2.05) is 0 Å². The highest BCUT2D eigenvalue weighted by molar-refractivity contribution is 5.17. The quantitative estimate of drug-likeness (QED) is 0.656. The van der Waals surface area contributed by atoms with Crippen molar-refractivity contribution in [3.63, 3.8) is 0 Å². The second kappa shape index (κ2) is 3.60. The summed E-state index contributed by atoms with van der Waals surface area (Å²) in [6, 6.07) is 0. The molecule has 4 nitrogen and oxygen atoms in total. The van der Waals surface area contributed by atoms with Crippen molar-refractivity contribution in [2.45, 2.75) is 27.1 Å². The Bertz CT molecular complexity index is 257. The number of hydrogen-bond acceptors (Lipinski definition) is 4. The van der Waals surface area contributed by atoms with Gasteiger partial charge in [-0.25, -0.2) is 0 Å². The van der Waals surface area contributed by atoms with E-state index in [4.69, 9.17) is 10.2 Å². The van der Waals surface area contributed by atoms with Crippen LogP contribution in [0.3, 0.4) is 0 Å². The molecule has 1 aromatic heterocycles. The first-order valence-electron chi connectivity index (χ1n) is 3.73. The summed E-state index contributed by atoms with van der Waals surface area (Å²) in [5.74, 6) is 0. The Morgan fingerprint density at radius 2 is 1.25 bits per heavy atom. The van der Waals surface area contributed by atoms with E-state index in [0.717, 1.165) is 0 Å². The van der Waals surface area contributed by atoms with E-state index in [-0.39, 0.29) is 13.2 Å². The SMILES string of the molecule is Cc1nc(CO)c(C)nc1CO. The van der Waals surface area contributed by atoms with Crippen LogP contribution in [0, 0.1) is 13.8 Å². The molecule has 4 heteroatoms. The van der Waals surface area contributed by atoms with Gasteiger partial charge in [-0.3, -0.25) is 9.97 Å². The van der Waals surface area contributed by atoms with E-state index in [9.17, 15) is 0 Å². The van der Waals surface area contributed by atoms with Gasteiger partial charge in [0.05, 0.1) is 36.0 Å². The van der Waals surface area contributed by atoms with Gasteiger partial charge < -0.3 is 10.2 Å². The monoisotopic (exact) mass is 168 g/mol. The minimum atomic E-state index is -0.106. The van der Waals surface area contributed by atoms with Gasteiger partial charge in [0.15, 0.2) is 0 Å². The Hall–Kier alpha value is -1.00. The molecule has 12 heavy (non-hydrogen) atoms. The third kappa shape index (κ3) is 1.60. The fourth-order valence-electron chi connectivity index (χ4n) is 0.995. The number of rotatable bonds is 2. The van der Waals surface area contributed by atoms with E-state index in [2.05, 4.69) is 9.97 Å². The normalized spacial score (nSPS) is 10.3. The van der Waals surface area contributed by atoms with Crippen molar-refractivity contribution in [3.8, 4) is 0 Å². The summed E-state index contributed by atoms with van der Waals surface area (Å²) in [5, 5.41) is 17.7. The van der Waals surface area contributed by atoms with E-state index in [1.165, 1.54) is 0 Å². The van der Waals surface area contributed by atoms with Crippen molar-refractivity contribution in [3.05, 3.63) is 22.8 Å². The van der Waals surface area contributed by atoms with Crippen LogP contribution >= 0.6 is 0 Å². The standard InChI is InChI=1S/C8H12N2O2/c1-5-7(3-11)10-6(2)8(4-12)9-5/h11-12H,3-4H2,1-2H3. The Morgan fingerprint density at radius 1 is 0.917 bits per heavy atom. The molecule has 66 valence electrons. The lowest BCUT2D eigenvalue weighted by Gasteiger charge is -2.05. The third-order valence-corrected chi connectivity index (χ3v) is 1.74. The summed E-state index contributed by atoms with van der Waals surface area (Å²) >= 11 is 0. The number of aromatic nitrogens is 2. The molecule has 0 fully saturated rings. The topological polar surface area (TPSA) is 66.2 Å². The zero-order valence-corrected chi connectivity index (χ0v) is 7.20. The minimum absolute atomic E-state index is 0.106. The molecule has 0 atom stereocenters. The Balaban J connectivity index is 3.16. The molecular formula is C8H12N2O2. The Kier molecular flexibility index (Phi) is 2.73. The third-order valence-electron chi connectivity index (χ3n) is 1.74. The lowest BCUT2D eigenvalue weighted by atomic mass is 10.2. The lowest BCUT2D eigenvalue weighted by Crippen LogP contribution is -2.04. The first-order chi connectivity index (χ1) is 5.69. The molecule has 1 heterocycles. The number of hydrogen-bond donors (Lipinski definition) is 2. The van der Waals surface area contributed by atoms with Crippen molar-refractivity contribution in [1.82, 2.24) is 9.97 Å². The van der Waals surface area contributed by atoms with Crippen LogP contribution in [0.2, 0.25) is 0 Å². The fraction of sp³-hybridized carbons (Fsp3) is 0.500. The summed E-state index contributed by atoms with van der Waals surface area (Å²) in [7, 11) is 0. The summed E-state index contributed by atoms with van der Waals surface area (Å²) in [6.07, 6.45) is 0. The maximum absolute atomic E-state index is 8.84. The zero-order valence-electron chi connectivity index (χ0n) is 7.20. The lowest BCUT2D eigenvalue weighted by molar-refractivity contribution is 0.267. The first-order valence-corrected chi connectivity index (χ1v) is 3.73. The van der Waals surface area contributed by atoms with Crippen LogP contribution in [0.25, 0.3) is 0 Å². The zero-order chi connectivity index (χ0) is 9.14. The Morgan fingerprint density at radius 3 is 1.50 bits per heavy atom. The van der Waals surface area contributed by atoms with Crippen LogP contribution in [0.15, 0.2) is 0 Å². The van der Waals surface area contributed by atoms with Crippen LogP contribution in [0.1, 0.15) is 22.8 Å². The predicted octanol–water partition coefficient (Wildman–Crippen LogP) is 0.0780. The van der Waals surface area contributed by atoms with E-state index < -0.39 is 0 Å². The van der Waals surface area contributed by atoms with Crippen LogP contribution in [-0.4, -0.2) is 20.2 Å². The molecule has 0 radical (unpaired) electrons. The van der Waals surface area contributed by atoms with Crippen molar-refractivity contribution in [2.75, 3.05) is 0 Å². The molecule has 0 unspecified atom stereocenters. The van der Waals surface area contributed by atoms with Gasteiger partial charge in [0.25, 0.3) is 0 Å². The maximum Gasteiger partial charge on any atom is 0.0873 e. The first kappa shape index (κ1) is 9.09. The smallest absolute Gasteiger partial charge is 0.0873 e. The molecule has 1 aromatic rings. The molecular weight excluding hydrogens is 156 g/mol. The highest BCUT2D eigenvalue weighted by atomic mass is 16.3.